The lowest BCUT2D eigenvalue weighted by Crippen LogP contribution is -2.38. The number of hydrogen-bond donors (Lipinski definition) is 1. The number of nitrogens with one attached hydrogen (secondary N) is 1. The highest BCUT2D eigenvalue weighted by Crippen LogP contribution is 2.31. The van der Waals surface area contributed by atoms with Gasteiger partial charge in [0.2, 0.25) is 5.95 Å². The third kappa shape index (κ3) is 4.72. The van der Waals surface area contributed by atoms with Crippen molar-refractivity contribution in [3.8, 4) is 5.69 Å². The Morgan fingerprint density at radius 3 is 2.47 bits per heavy atom. The molecule has 0 radical (unpaired) electrons. The zero-order chi connectivity index (χ0) is 24.5. The Labute approximate surface area is 190 Å². The molecule has 0 saturated carbocycles. The molecule has 178 valence electrons. The summed E-state index contributed by atoms with van der Waals surface area (Å²) < 4.78 is 66.9. The highest BCUT2D eigenvalue weighted by Gasteiger charge is 2.33. The van der Waals surface area contributed by atoms with Gasteiger partial charge in [0, 0.05) is 43.0 Å². The summed E-state index contributed by atoms with van der Waals surface area (Å²) in [6.45, 7) is 2.09. The molecule has 8 nitrogen and oxygen atoms in total. The van der Waals surface area contributed by atoms with Gasteiger partial charge in [0.15, 0.2) is 0 Å². The first-order chi connectivity index (χ1) is 16.1. The van der Waals surface area contributed by atoms with Crippen LogP contribution in [0.15, 0.2) is 48.8 Å². The van der Waals surface area contributed by atoms with E-state index in [1.165, 1.54) is 23.5 Å². The van der Waals surface area contributed by atoms with Gasteiger partial charge in [-0.25, -0.2) is 18.7 Å². The molecular formula is C21H18F5N7O. The van der Waals surface area contributed by atoms with E-state index in [9.17, 15) is 26.7 Å². The van der Waals surface area contributed by atoms with Crippen LogP contribution in [0, 0.1) is 17.6 Å². The Morgan fingerprint density at radius 2 is 1.82 bits per heavy atom. The summed E-state index contributed by atoms with van der Waals surface area (Å²) in [7, 11) is 0. The number of hydrogen-bond acceptors (Lipinski definition) is 6. The van der Waals surface area contributed by atoms with Crippen LogP contribution in [0.2, 0.25) is 0 Å². The SMILES string of the molecule is C[C@@H]1CCCN(C(=O)c2c(F)cc(F)cc2-n2nccn2)/C1=C/Nc1ncc(C(F)(F)F)cn1. The van der Waals surface area contributed by atoms with Crippen molar-refractivity contribution in [2.24, 2.45) is 5.92 Å². The van der Waals surface area contributed by atoms with Gasteiger partial charge in [0.25, 0.3) is 5.91 Å². The second kappa shape index (κ2) is 9.15. The standard InChI is InChI=1S/C21H18F5N7O/c1-12-3-2-6-32(17(12)11-29-20-27-9-13(10-28-20)21(24,25)26)19(34)18-15(23)7-14(22)8-16(18)33-30-4-5-31-33/h4-5,7-12H,2-3,6H2,1H3,(H,27,28,29)/b17-11+/t12-/m1/s1. The molecule has 0 aliphatic carbocycles. The lowest BCUT2D eigenvalue weighted by atomic mass is 9.95. The Morgan fingerprint density at radius 1 is 1.15 bits per heavy atom. The molecule has 3 aromatic rings. The van der Waals surface area contributed by atoms with Crippen LogP contribution in [0.5, 0.6) is 0 Å². The minimum Gasteiger partial charge on any atom is -0.329 e. The van der Waals surface area contributed by atoms with Crippen molar-refractivity contribution in [3.63, 3.8) is 0 Å². The van der Waals surface area contributed by atoms with Crippen LogP contribution in [0.3, 0.4) is 0 Å². The number of allylic oxidation sites excluding steroid dienone is 1. The van der Waals surface area contributed by atoms with E-state index in [-0.39, 0.29) is 24.1 Å². The van der Waals surface area contributed by atoms with Crippen LogP contribution in [-0.2, 0) is 6.18 Å². The van der Waals surface area contributed by atoms with E-state index in [2.05, 4.69) is 25.5 Å². The highest BCUT2D eigenvalue weighted by molar-refractivity contribution is 5.99. The number of piperidine rings is 1. The molecule has 1 aliphatic heterocycles. The van der Waals surface area contributed by atoms with E-state index in [0.29, 0.717) is 37.0 Å². The number of carbonyl (C=O) groups is 1. The number of benzene rings is 1. The fraction of sp³-hybridized carbons (Fsp3) is 0.286. The average molecular weight is 479 g/mol. The van der Waals surface area contributed by atoms with Gasteiger partial charge in [0.05, 0.1) is 18.0 Å². The topological polar surface area (TPSA) is 88.8 Å². The maximum atomic E-state index is 14.8. The lowest BCUT2D eigenvalue weighted by Gasteiger charge is -2.34. The van der Waals surface area contributed by atoms with Crippen LogP contribution in [0.4, 0.5) is 27.9 Å². The van der Waals surface area contributed by atoms with Crippen molar-refractivity contribution in [3.05, 3.63) is 71.6 Å². The molecule has 1 atom stereocenters. The van der Waals surface area contributed by atoms with E-state index in [0.717, 1.165) is 10.9 Å². The molecule has 0 unspecified atom stereocenters. The van der Waals surface area contributed by atoms with Crippen LogP contribution in [-0.4, -0.2) is 42.3 Å². The Kier molecular flexibility index (Phi) is 6.26. The Balaban J connectivity index is 1.66. The lowest BCUT2D eigenvalue weighted by molar-refractivity contribution is -0.138. The summed E-state index contributed by atoms with van der Waals surface area (Å²) in [5.74, 6) is -2.98. The predicted octanol–water partition coefficient (Wildman–Crippen LogP) is 4.18. The number of aromatic nitrogens is 5. The van der Waals surface area contributed by atoms with Gasteiger partial charge in [0.1, 0.15) is 22.9 Å². The smallest absolute Gasteiger partial charge is 0.329 e. The van der Waals surface area contributed by atoms with Crippen molar-refractivity contribution in [2.75, 3.05) is 11.9 Å². The summed E-state index contributed by atoms with van der Waals surface area (Å²) in [6.07, 6.45) is 2.05. The fourth-order valence-corrected chi connectivity index (χ4v) is 3.63. The summed E-state index contributed by atoms with van der Waals surface area (Å²) in [5.41, 5.74) is -1.13. The second-order valence-electron chi connectivity index (χ2n) is 7.61. The van der Waals surface area contributed by atoms with Crippen LogP contribution in [0.1, 0.15) is 35.7 Å². The molecule has 1 saturated heterocycles. The van der Waals surface area contributed by atoms with Gasteiger partial charge < -0.3 is 10.2 Å². The van der Waals surface area contributed by atoms with Crippen LogP contribution in [0.25, 0.3) is 5.69 Å². The molecule has 1 aromatic carbocycles. The third-order valence-electron chi connectivity index (χ3n) is 5.29. The summed E-state index contributed by atoms with van der Waals surface area (Å²) in [5, 5.41) is 10.4. The Hall–Kier alpha value is -3.90. The van der Waals surface area contributed by atoms with Gasteiger partial charge in [-0.3, -0.25) is 4.79 Å². The van der Waals surface area contributed by atoms with Gasteiger partial charge in [-0.1, -0.05) is 6.92 Å². The monoisotopic (exact) mass is 479 g/mol. The number of halogens is 5. The first-order valence-corrected chi connectivity index (χ1v) is 10.2. The van der Waals surface area contributed by atoms with Crippen molar-refractivity contribution in [2.45, 2.75) is 25.9 Å². The fourth-order valence-electron chi connectivity index (χ4n) is 3.63. The largest absolute Gasteiger partial charge is 0.419 e. The molecule has 1 fully saturated rings. The average Bonchev–Trinajstić information content (AvgIpc) is 3.32. The molecule has 4 rings (SSSR count). The molecule has 1 aliphatic rings. The molecule has 34 heavy (non-hydrogen) atoms. The first kappa shape index (κ1) is 23.3. The second-order valence-corrected chi connectivity index (χ2v) is 7.61. The van der Waals surface area contributed by atoms with E-state index in [4.69, 9.17) is 0 Å². The summed E-state index contributed by atoms with van der Waals surface area (Å²) in [4.78, 5) is 23.0. The molecule has 13 heteroatoms. The van der Waals surface area contributed by atoms with Gasteiger partial charge >= 0.3 is 6.18 Å². The zero-order valence-electron chi connectivity index (χ0n) is 17.7. The zero-order valence-corrected chi connectivity index (χ0v) is 17.7. The van der Waals surface area contributed by atoms with Crippen LogP contribution >= 0.6 is 0 Å². The first-order valence-electron chi connectivity index (χ1n) is 10.2. The minimum atomic E-state index is -4.57. The number of alkyl halides is 3. The van der Waals surface area contributed by atoms with Crippen molar-refractivity contribution < 1.29 is 26.7 Å². The molecule has 3 heterocycles. The molecule has 0 bridgehead atoms. The summed E-state index contributed by atoms with van der Waals surface area (Å²) in [6, 6.07) is 1.56. The number of carbonyl (C=O) groups excluding carboxylic acids is 1. The van der Waals surface area contributed by atoms with Crippen LogP contribution < -0.4 is 5.32 Å². The highest BCUT2D eigenvalue weighted by atomic mass is 19.4. The third-order valence-corrected chi connectivity index (χ3v) is 5.29. The molecular weight excluding hydrogens is 461 g/mol. The Bertz CT molecular complexity index is 1210. The number of anilines is 1. The normalized spacial score (nSPS) is 17.8. The van der Waals surface area contributed by atoms with Crippen molar-refractivity contribution in [1.82, 2.24) is 29.9 Å². The molecule has 1 N–H and O–H groups in total. The van der Waals surface area contributed by atoms with Crippen molar-refractivity contribution in [1.29, 1.82) is 0 Å². The predicted molar refractivity (Wildman–Crippen MR) is 109 cm³/mol. The van der Waals surface area contributed by atoms with Crippen molar-refractivity contribution >= 4 is 11.9 Å². The van der Waals surface area contributed by atoms with E-state index < -0.39 is 34.8 Å². The maximum Gasteiger partial charge on any atom is 0.419 e. The summed E-state index contributed by atoms with van der Waals surface area (Å²) >= 11 is 0. The maximum absolute atomic E-state index is 14.8. The number of rotatable bonds is 4. The molecule has 1 amide bonds. The van der Waals surface area contributed by atoms with E-state index in [1.54, 1.807) is 0 Å². The van der Waals surface area contributed by atoms with E-state index in [1.807, 2.05) is 6.92 Å². The number of amides is 1. The van der Waals surface area contributed by atoms with E-state index >= 15 is 0 Å². The van der Waals surface area contributed by atoms with Gasteiger partial charge in [-0.15, -0.1) is 0 Å². The number of nitrogens with zero attached hydrogens (tertiary/aromatic N) is 6. The molecule has 2 aromatic heterocycles. The quantitative estimate of drug-likeness (QED) is 0.565. The van der Waals surface area contributed by atoms with Gasteiger partial charge in [-0.2, -0.15) is 28.2 Å². The number of likely N-dealkylation sites (tertiary alicyclic amines) is 1. The van der Waals surface area contributed by atoms with Gasteiger partial charge in [-0.05, 0) is 18.8 Å². The molecule has 0 spiro atoms. The minimum absolute atomic E-state index is 0.111.